The average Bonchev–Trinajstić information content (AvgIpc) is 3.07. The summed E-state index contributed by atoms with van der Waals surface area (Å²) in [5.41, 5.74) is 5.48. The van der Waals surface area contributed by atoms with Gasteiger partial charge in [0.1, 0.15) is 11.5 Å². The smallest absolute Gasteiger partial charge is 0.255 e. The normalized spacial score (nSPS) is 12.0. The van der Waals surface area contributed by atoms with Crippen molar-refractivity contribution in [1.29, 1.82) is 0 Å². The number of benzene rings is 1. The second kappa shape index (κ2) is 8.16. The fourth-order valence-electron chi connectivity index (χ4n) is 2.19. The van der Waals surface area contributed by atoms with E-state index in [9.17, 15) is 9.59 Å². The lowest BCUT2D eigenvalue weighted by atomic mass is 10.1. The van der Waals surface area contributed by atoms with Crippen LogP contribution in [0, 0.1) is 0 Å². The highest BCUT2D eigenvalue weighted by molar-refractivity contribution is 5.94. The molecule has 1 aromatic carbocycles. The minimum Gasteiger partial charge on any atom is -0.484 e. The van der Waals surface area contributed by atoms with Gasteiger partial charge in [0.2, 0.25) is 0 Å². The van der Waals surface area contributed by atoms with Crippen molar-refractivity contribution in [2.45, 2.75) is 6.04 Å². The van der Waals surface area contributed by atoms with Crippen LogP contribution in [0.5, 0.6) is 5.75 Å². The minimum atomic E-state index is -0.572. The molecule has 1 heterocycles. The molecule has 128 valence electrons. The van der Waals surface area contributed by atoms with Crippen molar-refractivity contribution < 1.29 is 18.7 Å². The number of nitrogens with one attached hydrogen (secondary N) is 1. The van der Waals surface area contributed by atoms with E-state index in [2.05, 4.69) is 5.32 Å². The summed E-state index contributed by atoms with van der Waals surface area (Å²) in [6.07, 6.45) is 1.60. The van der Waals surface area contributed by atoms with Crippen LogP contribution in [0.25, 0.3) is 0 Å². The maximum atomic E-state index is 12.3. The van der Waals surface area contributed by atoms with E-state index >= 15 is 0 Å². The Balaban J connectivity index is 1.99. The van der Waals surface area contributed by atoms with Gasteiger partial charge in [-0.1, -0.05) is 6.07 Å². The molecular formula is C17H21N3O4. The summed E-state index contributed by atoms with van der Waals surface area (Å²) in [6, 6.07) is 10.2. The Labute approximate surface area is 140 Å². The van der Waals surface area contributed by atoms with Crippen LogP contribution in [0.4, 0.5) is 0 Å². The van der Waals surface area contributed by atoms with Gasteiger partial charge in [0, 0.05) is 12.1 Å². The number of nitrogens with two attached hydrogens (primary N) is 1. The highest BCUT2D eigenvalue weighted by atomic mass is 16.5. The molecule has 0 unspecified atom stereocenters. The van der Waals surface area contributed by atoms with Crippen LogP contribution in [0.3, 0.4) is 0 Å². The SMILES string of the molecule is CN(C)[C@H](CNC(=O)c1cccc(OCC(N)=O)c1)c1ccco1. The number of likely N-dealkylation sites (N-methyl/N-ethyl adjacent to an activating group) is 1. The van der Waals surface area contributed by atoms with E-state index in [-0.39, 0.29) is 18.6 Å². The van der Waals surface area contributed by atoms with Gasteiger partial charge < -0.3 is 20.2 Å². The molecule has 0 saturated carbocycles. The number of ether oxygens (including phenoxy) is 1. The molecule has 3 N–H and O–H groups in total. The van der Waals surface area contributed by atoms with Crippen molar-refractivity contribution in [3.63, 3.8) is 0 Å². The Morgan fingerprint density at radius 1 is 1.29 bits per heavy atom. The zero-order valence-electron chi connectivity index (χ0n) is 13.7. The van der Waals surface area contributed by atoms with Crippen LogP contribution in [-0.2, 0) is 4.79 Å². The van der Waals surface area contributed by atoms with E-state index < -0.39 is 5.91 Å². The zero-order valence-corrected chi connectivity index (χ0v) is 13.7. The molecule has 0 radical (unpaired) electrons. The van der Waals surface area contributed by atoms with Gasteiger partial charge in [-0.25, -0.2) is 0 Å². The standard InChI is InChI=1S/C17H21N3O4/c1-20(2)14(15-7-4-8-23-15)10-19-17(22)12-5-3-6-13(9-12)24-11-16(18)21/h3-9,14H,10-11H2,1-2H3,(H2,18,21)(H,19,22)/t14-/m1/s1. The number of primary amides is 1. The van der Waals surface area contributed by atoms with Gasteiger partial charge >= 0.3 is 0 Å². The zero-order chi connectivity index (χ0) is 17.5. The Morgan fingerprint density at radius 3 is 2.71 bits per heavy atom. The minimum absolute atomic E-state index is 0.0711. The lowest BCUT2D eigenvalue weighted by Crippen LogP contribution is -2.34. The van der Waals surface area contributed by atoms with Gasteiger partial charge in [0.25, 0.3) is 11.8 Å². The molecule has 24 heavy (non-hydrogen) atoms. The topological polar surface area (TPSA) is 97.8 Å². The molecule has 7 heteroatoms. The predicted molar refractivity (Wildman–Crippen MR) is 88.6 cm³/mol. The van der Waals surface area contributed by atoms with Crippen LogP contribution in [0.1, 0.15) is 22.2 Å². The van der Waals surface area contributed by atoms with Crippen molar-refractivity contribution in [3.05, 3.63) is 54.0 Å². The quantitative estimate of drug-likeness (QED) is 0.757. The van der Waals surface area contributed by atoms with Crippen molar-refractivity contribution in [2.75, 3.05) is 27.2 Å². The lowest BCUT2D eigenvalue weighted by molar-refractivity contribution is -0.119. The van der Waals surface area contributed by atoms with E-state index in [1.54, 1.807) is 30.5 Å². The molecule has 0 saturated heterocycles. The molecule has 0 bridgehead atoms. The molecule has 2 amide bonds. The van der Waals surface area contributed by atoms with Crippen molar-refractivity contribution in [3.8, 4) is 5.75 Å². The molecule has 7 nitrogen and oxygen atoms in total. The second-order valence-corrected chi connectivity index (χ2v) is 5.49. The number of rotatable bonds is 8. The summed E-state index contributed by atoms with van der Waals surface area (Å²) in [5, 5.41) is 2.87. The van der Waals surface area contributed by atoms with Crippen LogP contribution < -0.4 is 15.8 Å². The number of carbonyl (C=O) groups excluding carboxylic acids is 2. The third-order valence-electron chi connectivity index (χ3n) is 3.43. The van der Waals surface area contributed by atoms with Gasteiger partial charge in [-0.2, -0.15) is 0 Å². The maximum Gasteiger partial charge on any atom is 0.255 e. The fourth-order valence-corrected chi connectivity index (χ4v) is 2.19. The summed E-state index contributed by atoms with van der Waals surface area (Å²) in [7, 11) is 3.83. The van der Waals surface area contributed by atoms with Crippen LogP contribution in [0.15, 0.2) is 47.1 Å². The summed E-state index contributed by atoms with van der Waals surface area (Å²) < 4.78 is 10.6. The summed E-state index contributed by atoms with van der Waals surface area (Å²) in [4.78, 5) is 25.0. The molecular weight excluding hydrogens is 310 g/mol. The molecule has 0 spiro atoms. The van der Waals surface area contributed by atoms with E-state index in [4.69, 9.17) is 14.9 Å². The third kappa shape index (κ3) is 4.85. The van der Waals surface area contributed by atoms with Crippen molar-refractivity contribution >= 4 is 11.8 Å². The van der Waals surface area contributed by atoms with Gasteiger partial charge in [0.15, 0.2) is 6.61 Å². The molecule has 2 rings (SSSR count). The first-order chi connectivity index (χ1) is 11.5. The Kier molecular flexibility index (Phi) is 5.97. The van der Waals surface area contributed by atoms with E-state index in [1.165, 1.54) is 0 Å². The van der Waals surface area contributed by atoms with Gasteiger partial charge in [0.05, 0.1) is 12.3 Å². The van der Waals surface area contributed by atoms with Crippen LogP contribution in [0.2, 0.25) is 0 Å². The highest BCUT2D eigenvalue weighted by Gasteiger charge is 2.18. The first-order valence-electron chi connectivity index (χ1n) is 7.46. The Morgan fingerprint density at radius 2 is 2.08 bits per heavy atom. The lowest BCUT2D eigenvalue weighted by Gasteiger charge is -2.22. The molecule has 2 aromatic rings. The van der Waals surface area contributed by atoms with Gasteiger partial charge in [-0.05, 0) is 44.4 Å². The average molecular weight is 331 g/mol. The number of carbonyl (C=O) groups is 2. The van der Waals surface area contributed by atoms with Crippen LogP contribution in [-0.4, -0.2) is 44.0 Å². The number of nitrogens with zero attached hydrogens (tertiary/aromatic N) is 1. The van der Waals surface area contributed by atoms with Crippen molar-refractivity contribution in [1.82, 2.24) is 10.2 Å². The molecule has 0 aliphatic carbocycles. The monoisotopic (exact) mass is 331 g/mol. The van der Waals surface area contributed by atoms with Crippen LogP contribution >= 0.6 is 0 Å². The first kappa shape index (κ1) is 17.6. The first-order valence-corrected chi connectivity index (χ1v) is 7.46. The number of hydrogen-bond donors (Lipinski definition) is 2. The molecule has 0 aliphatic heterocycles. The van der Waals surface area contributed by atoms with E-state index in [0.717, 1.165) is 5.76 Å². The largest absolute Gasteiger partial charge is 0.484 e. The van der Waals surface area contributed by atoms with Gasteiger partial charge in [-0.3, -0.25) is 14.5 Å². The maximum absolute atomic E-state index is 12.3. The Hall–Kier alpha value is -2.80. The highest BCUT2D eigenvalue weighted by Crippen LogP contribution is 2.18. The summed E-state index contributed by atoms with van der Waals surface area (Å²) in [5.74, 6) is 0.380. The molecule has 1 aromatic heterocycles. The number of furan rings is 1. The number of hydrogen-bond acceptors (Lipinski definition) is 5. The summed E-state index contributed by atoms with van der Waals surface area (Å²) in [6.45, 7) is 0.165. The van der Waals surface area contributed by atoms with E-state index in [1.807, 2.05) is 31.1 Å². The molecule has 0 fully saturated rings. The fraction of sp³-hybridized carbons (Fsp3) is 0.294. The predicted octanol–water partition coefficient (Wildman–Crippen LogP) is 1.18. The van der Waals surface area contributed by atoms with Crippen molar-refractivity contribution in [2.24, 2.45) is 5.73 Å². The number of amides is 2. The Bertz CT molecular complexity index is 683. The van der Waals surface area contributed by atoms with Gasteiger partial charge in [-0.15, -0.1) is 0 Å². The second-order valence-electron chi connectivity index (χ2n) is 5.49. The van der Waals surface area contributed by atoms with E-state index in [0.29, 0.717) is 17.9 Å². The summed E-state index contributed by atoms with van der Waals surface area (Å²) >= 11 is 0. The molecule has 1 atom stereocenters. The third-order valence-corrected chi connectivity index (χ3v) is 3.43. The molecule has 0 aliphatic rings.